The van der Waals surface area contributed by atoms with Crippen LogP contribution in [0.25, 0.3) is 10.2 Å². The fourth-order valence-corrected chi connectivity index (χ4v) is 3.30. The summed E-state index contributed by atoms with van der Waals surface area (Å²) >= 11 is 7.56. The molecule has 98 valence electrons. The summed E-state index contributed by atoms with van der Waals surface area (Å²) < 4.78 is 1.26. The van der Waals surface area contributed by atoms with Gasteiger partial charge in [-0.2, -0.15) is 0 Å². The lowest BCUT2D eigenvalue weighted by atomic mass is 9.90. The molecule has 0 aliphatic rings. The molecule has 2 nitrogen and oxygen atoms in total. The SMILES string of the molecule is CC(C)(CCCl)CNCc1nc2ccccc2s1. The number of fused-ring (bicyclic) bond motifs is 1. The molecule has 0 amide bonds. The second kappa shape index (κ2) is 6.00. The molecule has 0 unspecified atom stereocenters. The third-order valence-electron chi connectivity index (χ3n) is 2.99. The molecule has 18 heavy (non-hydrogen) atoms. The Labute approximate surface area is 117 Å². The lowest BCUT2D eigenvalue weighted by Crippen LogP contribution is -2.29. The molecule has 1 aromatic carbocycles. The summed E-state index contributed by atoms with van der Waals surface area (Å²) in [6.07, 6.45) is 1.03. The first-order valence-corrected chi connectivity index (χ1v) is 7.57. The van der Waals surface area contributed by atoms with Crippen molar-refractivity contribution in [3.8, 4) is 0 Å². The van der Waals surface area contributed by atoms with Crippen LogP contribution in [0.2, 0.25) is 0 Å². The fraction of sp³-hybridized carbons (Fsp3) is 0.500. The predicted octanol–water partition coefficient (Wildman–Crippen LogP) is 4.04. The normalized spacial score (nSPS) is 12.2. The summed E-state index contributed by atoms with van der Waals surface area (Å²) in [6, 6.07) is 8.27. The second-order valence-electron chi connectivity index (χ2n) is 5.28. The van der Waals surface area contributed by atoms with Crippen LogP contribution in [-0.2, 0) is 6.54 Å². The van der Waals surface area contributed by atoms with E-state index in [1.807, 2.05) is 6.07 Å². The number of benzene rings is 1. The minimum Gasteiger partial charge on any atom is -0.310 e. The van der Waals surface area contributed by atoms with E-state index in [1.165, 1.54) is 4.70 Å². The zero-order valence-corrected chi connectivity index (χ0v) is 12.4. The van der Waals surface area contributed by atoms with Gasteiger partial charge in [0, 0.05) is 19.0 Å². The van der Waals surface area contributed by atoms with Crippen molar-refractivity contribution in [3.05, 3.63) is 29.3 Å². The monoisotopic (exact) mass is 282 g/mol. The highest BCUT2D eigenvalue weighted by molar-refractivity contribution is 7.18. The highest BCUT2D eigenvalue weighted by Gasteiger charge is 2.16. The molecule has 0 atom stereocenters. The molecular formula is C14H19ClN2S. The van der Waals surface area contributed by atoms with Crippen LogP contribution in [0, 0.1) is 5.41 Å². The summed E-state index contributed by atoms with van der Waals surface area (Å²) in [5.74, 6) is 0.718. The van der Waals surface area contributed by atoms with Gasteiger partial charge in [0.25, 0.3) is 0 Å². The summed E-state index contributed by atoms with van der Waals surface area (Å²) in [7, 11) is 0. The van der Waals surface area contributed by atoms with Crippen LogP contribution in [0.1, 0.15) is 25.3 Å². The van der Waals surface area contributed by atoms with E-state index in [4.69, 9.17) is 11.6 Å². The Hall–Kier alpha value is -0.640. The number of halogens is 1. The van der Waals surface area contributed by atoms with Crippen molar-refractivity contribution in [1.82, 2.24) is 10.3 Å². The third kappa shape index (κ3) is 3.67. The number of alkyl halides is 1. The molecule has 2 aromatic rings. The van der Waals surface area contributed by atoms with Crippen molar-refractivity contribution < 1.29 is 0 Å². The van der Waals surface area contributed by atoms with E-state index in [0.29, 0.717) is 0 Å². The summed E-state index contributed by atoms with van der Waals surface area (Å²) in [5, 5.41) is 4.63. The number of para-hydroxylation sites is 1. The lowest BCUT2D eigenvalue weighted by Gasteiger charge is -2.23. The van der Waals surface area contributed by atoms with Gasteiger partial charge in [-0.05, 0) is 24.0 Å². The van der Waals surface area contributed by atoms with Crippen molar-refractivity contribution in [2.75, 3.05) is 12.4 Å². The first kappa shape index (κ1) is 13.8. The van der Waals surface area contributed by atoms with Crippen LogP contribution < -0.4 is 5.32 Å². The molecule has 0 saturated carbocycles. The van der Waals surface area contributed by atoms with Gasteiger partial charge in [0.15, 0.2) is 0 Å². The molecule has 2 rings (SSSR count). The molecular weight excluding hydrogens is 264 g/mol. The molecule has 0 aliphatic heterocycles. The second-order valence-corrected chi connectivity index (χ2v) is 6.78. The first-order valence-electron chi connectivity index (χ1n) is 6.22. The summed E-state index contributed by atoms with van der Waals surface area (Å²) in [4.78, 5) is 4.61. The number of aromatic nitrogens is 1. The Morgan fingerprint density at radius 3 is 2.83 bits per heavy atom. The molecule has 0 aliphatic carbocycles. The summed E-state index contributed by atoms with van der Waals surface area (Å²) in [6.45, 7) is 6.28. The average molecular weight is 283 g/mol. The highest BCUT2D eigenvalue weighted by Crippen LogP contribution is 2.22. The standard InChI is InChI=1S/C14H19ClN2S/c1-14(2,7-8-15)10-16-9-13-17-11-5-3-4-6-12(11)18-13/h3-6,16H,7-10H2,1-2H3. The highest BCUT2D eigenvalue weighted by atomic mass is 35.5. The Balaban J connectivity index is 1.90. The van der Waals surface area contributed by atoms with Crippen molar-refractivity contribution in [3.63, 3.8) is 0 Å². The van der Waals surface area contributed by atoms with Gasteiger partial charge in [-0.15, -0.1) is 22.9 Å². The lowest BCUT2D eigenvalue weighted by molar-refractivity contribution is 0.329. The first-order chi connectivity index (χ1) is 8.61. The van der Waals surface area contributed by atoms with Crippen LogP contribution in [0.5, 0.6) is 0 Å². The van der Waals surface area contributed by atoms with Crippen LogP contribution in [-0.4, -0.2) is 17.4 Å². The van der Waals surface area contributed by atoms with Gasteiger partial charge in [0.2, 0.25) is 0 Å². The number of nitrogens with zero attached hydrogens (tertiary/aromatic N) is 1. The predicted molar refractivity (Wildman–Crippen MR) is 80.4 cm³/mol. The molecule has 0 saturated heterocycles. The Morgan fingerprint density at radius 1 is 1.33 bits per heavy atom. The van der Waals surface area contributed by atoms with E-state index in [2.05, 4.69) is 42.3 Å². The zero-order chi connectivity index (χ0) is 13.0. The number of hydrogen-bond acceptors (Lipinski definition) is 3. The van der Waals surface area contributed by atoms with E-state index in [9.17, 15) is 0 Å². The number of thiazole rings is 1. The average Bonchev–Trinajstić information content (AvgIpc) is 2.71. The van der Waals surface area contributed by atoms with E-state index >= 15 is 0 Å². The molecule has 0 radical (unpaired) electrons. The third-order valence-corrected chi connectivity index (χ3v) is 4.21. The fourth-order valence-electron chi connectivity index (χ4n) is 1.85. The number of hydrogen-bond donors (Lipinski definition) is 1. The van der Waals surface area contributed by atoms with Gasteiger partial charge in [-0.1, -0.05) is 26.0 Å². The van der Waals surface area contributed by atoms with E-state index < -0.39 is 0 Å². The molecule has 0 bridgehead atoms. The zero-order valence-electron chi connectivity index (χ0n) is 10.9. The minimum absolute atomic E-state index is 0.248. The molecule has 0 fully saturated rings. The van der Waals surface area contributed by atoms with Crippen LogP contribution >= 0.6 is 22.9 Å². The van der Waals surface area contributed by atoms with Gasteiger partial charge in [0.1, 0.15) is 5.01 Å². The Bertz CT molecular complexity index is 474. The number of nitrogens with one attached hydrogen (secondary N) is 1. The minimum atomic E-state index is 0.248. The maximum Gasteiger partial charge on any atom is 0.108 e. The quantitative estimate of drug-likeness (QED) is 0.809. The maximum absolute atomic E-state index is 5.80. The van der Waals surface area contributed by atoms with Crippen LogP contribution in [0.3, 0.4) is 0 Å². The largest absolute Gasteiger partial charge is 0.310 e. The van der Waals surface area contributed by atoms with Gasteiger partial charge in [0.05, 0.1) is 10.2 Å². The molecule has 1 aromatic heterocycles. The molecule has 1 heterocycles. The Morgan fingerprint density at radius 2 is 2.11 bits per heavy atom. The Kier molecular flexibility index (Phi) is 4.60. The van der Waals surface area contributed by atoms with Crippen LogP contribution in [0.4, 0.5) is 0 Å². The topological polar surface area (TPSA) is 24.9 Å². The van der Waals surface area contributed by atoms with Crippen molar-refractivity contribution >= 4 is 33.2 Å². The van der Waals surface area contributed by atoms with Gasteiger partial charge >= 0.3 is 0 Å². The summed E-state index contributed by atoms with van der Waals surface area (Å²) in [5.41, 5.74) is 1.35. The van der Waals surface area contributed by atoms with E-state index in [-0.39, 0.29) is 5.41 Å². The van der Waals surface area contributed by atoms with Gasteiger partial charge in [-0.25, -0.2) is 4.98 Å². The van der Waals surface area contributed by atoms with Gasteiger partial charge in [-0.3, -0.25) is 0 Å². The van der Waals surface area contributed by atoms with Crippen molar-refractivity contribution in [2.24, 2.45) is 5.41 Å². The molecule has 1 N–H and O–H groups in total. The maximum atomic E-state index is 5.80. The number of rotatable bonds is 6. The smallest absolute Gasteiger partial charge is 0.108 e. The van der Waals surface area contributed by atoms with Gasteiger partial charge < -0.3 is 5.32 Å². The van der Waals surface area contributed by atoms with E-state index in [1.54, 1.807) is 11.3 Å². The van der Waals surface area contributed by atoms with Crippen molar-refractivity contribution in [1.29, 1.82) is 0 Å². The molecule has 0 spiro atoms. The van der Waals surface area contributed by atoms with Crippen molar-refractivity contribution in [2.45, 2.75) is 26.8 Å². The van der Waals surface area contributed by atoms with Crippen LogP contribution in [0.15, 0.2) is 24.3 Å². The van der Waals surface area contributed by atoms with E-state index in [0.717, 1.165) is 35.9 Å². The molecule has 4 heteroatoms.